The minimum atomic E-state index is -0.287. The van der Waals surface area contributed by atoms with Gasteiger partial charge in [0.15, 0.2) is 0 Å². The van der Waals surface area contributed by atoms with Gasteiger partial charge in [-0.2, -0.15) is 0 Å². The normalized spacial score (nSPS) is 11.0. The predicted octanol–water partition coefficient (Wildman–Crippen LogP) is 0.0642. The van der Waals surface area contributed by atoms with E-state index in [-0.39, 0.29) is 30.9 Å². The van der Waals surface area contributed by atoms with Crippen molar-refractivity contribution < 1.29 is 5.11 Å². The summed E-state index contributed by atoms with van der Waals surface area (Å²) in [5.41, 5.74) is 2.37. The summed E-state index contributed by atoms with van der Waals surface area (Å²) in [7, 11) is 0. The molecule has 0 bridgehead atoms. The molecule has 3 nitrogen and oxygen atoms in total. The molecular weight excluding hydrogens is 163 g/mol. The van der Waals surface area contributed by atoms with Crippen LogP contribution in [0.15, 0.2) is 0 Å². The minimum absolute atomic E-state index is 0. The van der Waals surface area contributed by atoms with Crippen LogP contribution in [0.1, 0.15) is 13.3 Å². The van der Waals surface area contributed by atoms with Crippen molar-refractivity contribution in [2.45, 2.75) is 19.4 Å². The third kappa shape index (κ3) is 11.8. The van der Waals surface area contributed by atoms with E-state index in [0.717, 1.165) is 6.42 Å². The van der Waals surface area contributed by atoms with Crippen LogP contribution in [0.5, 0.6) is 0 Å². The van der Waals surface area contributed by atoms with E-state index in [1.807, 2.05) is 6.92 Å². The first-order chi connectivity index (χ1) is 3.31. The highest BCUT2D eigenvalue weighted by Crippen LogP contribution is 1.83. The molecule has 0 aliphatic carbocycles. The predicted molar refractivity (Wildman–Crippen MR) is 43.0 cm³/mol. The maximum atomic E-state index is 8.72. The van der Waals surface area contributed by atoms with Gasteiger partial charge in [0.05, 0.1) is 6.10 Å². The molecule has 0 fully saturated rings. The second-order valence-electron chi connectivity index (χ2n) is 1.47. The summed E-state index contributed by atoms with van der Waals surface area (Å²) in [6.45, 7) is 2.39. The lowest BCUT2D eigenvalue weighted by atomic mass is 10.3. The van der Waals surface area contributed by atoms with Gasteiger partial charge in [0.2, 0.25) is 0 Å². The van der Waals surface area contributed by atoms with Gasteiger partial charge in [-0.25, -0.2) is 0 Å². The molecule has 0 aliphatic rings. The van der Waals surface area contributed by atoms with Crippen LogP contribution in [0.2, 0.25) is 0 Å². The van der Waals surface area contributed by atoms with Gasteiger partial charge in [0.1, 0.15) is 0 Å². The van der Waals surface area contributed by atoms with Crippen molar-refractivity contribution in [2.24, 2.45) is 5.84 Å². The average Bonchev–Trinajstić information content (AvgIpc) is 1.68. The van der Waals surface area contributed by atoms with E-state index < -0.39 is 0 Å². The maximum absolute atomic E-state index is 8.72. The van der Waals surface area contributed by atoms with Crippen LogP contribution >= 0.6 is 24.8 Å². The van der Waals surface area contributed by atoms with Gasteiger partial charge in [-0.3, -0.25) is 11.3 Å². The SMILES string of the molecule is CCC(O)CNN.Cl.Cl. The molecule has 0 saturated heterocycles. The fourth-order valence-electron chi connectivity index (χ4n) is 0.280. The first kappa shape index (κ1) is 16.2. The number of aliphatic hydroxyl groups excluding tert-OH is 1. The van der Waals surface area contributed by atoms with Gasteiger partial charge in [-0.15, -0.1) is 24.8 Å². The molecule has 0 heterocycles. The molecule has 1 atom stereocenters. The number of hydrogen-bond acceptors (Lipinski definition) is 3. The Bertz CT molecular complexity index is 47.5. The van der Waals surface area contributed by atoms with Crippen LogP contribution < -0.4 is 11.3 Å². The zero-order valence-electron chi connectivity index (χ0n) is 5.33. The summed E-state index contributed by atoms with van der Waals surface area (Å²) in [4.78, 5) is 0. The molecule has 4 N–H and O–H groups in total. The number of hydrazine groups is 1. The number of nitrogens with two attached hydrogens (primary N) is 1. The Labute approximate surface area is 67.8 Å². The standard InChI is InChI=1S/C4H12N2O.2ClH/c1-2-4(7)3-6-5;;/h4,6-7H,2-3,5H2,1H3;2*1H. The lowest BCUT2D eigenvalue weighted by Gasteiger charge is -2.03. The summed E-state index contributed by atoms with van der Waals surface area (Å²) >= 11 is 0. The Kier molecular flexibility index (Phi) is 20.3. The van der Waals surface area contributed by atoms with Crippen molar-refractivity contribution in [3.05, 3.63) is 0 Å². The van der Waals surface area contributed by atoms with Crippen LogP contribution in [0.25, 0.3) is 0 Å². The topological polar surface area (TPSA) is 58.3 Å². The monoisotopic (exact) mass is 176 g/mol. The zero-order chi connectivity index (χ0) is 5.70. The first-order valence-corrected chi connectivity index (χ1v) is 2.42. The highest BCUT2D eigenvalue weighted by atomic mass is 35.5. The smallest absolute Gasteiger partial charge is 0.0675 e. The number of nitrogens with one attached hydrogen (secondary N) is 1. The number of hydrogen-bond donors (Lipinski definition) is 3. The Morgan fingerprint density at radius 1 is 1.56 bits per heavy atom. The van der Waals surface area contributed by atoms with Crippen molar-refractivity contribution in [1.82, 2.24) is 5.43 Å². The van der Waals surface area contributed by atoms with Gasteiger partial charge < -0.3 is 5.11 Å². The third-order valence-electron chi connectivity index (χ3n) is 0.825. The molecule has 60 valence electrons. The second-order valence-corrected chi connectivity index (χ2v) is 1.47. The summed E-state index contributed by atoms with van der Waals surface area (Å²) < 4.78 is 0. The molecule has 0 rings (SSSR count). The molecular formula is C4H14Cl2N2O. The molecule has 0 aliphatic heterocycles. The van der Waals surface area contributed by atoms with Gasteiger partial charge in [0.25, 0.3) is 0 Å². The molecule has 0 aromatic rings. The van der Waals surface area contributed by atoms with E-state index in [1.54, 1.807) is 0 Å². The zero-order valence-corrected chi connectivity index (χ0v) is 6.97. The summed E-state index contributed by atoms with van der Waals surface area (Å²) in [6.07, 6.45) is 0.467. The highest BCUT2D eigenvalue weighted by Gasteiger charge is 1.94. The van der Waals surface area contributed by atoms with Crippen molar-refractivity contribution >= 4 is 24.8 Å². The van der Waals surface area contributed by atoms with E-state index in [0.29, 0.717) is 6.54 Å². The van der Waals surface area contributed by atoms with Gasteiger partial charge in [-0.05, 0) is 6.42 Å². The number of aliphatic hydroxyl groups is 1. The van der Waals surface area contributed by atoms with E-state index in [1.165, 1.54) is 0 Å². The molecule has 9 heavy (non-hydrogen) atoms. The van der Waals surface area contributed by atoms with Crippen molar-refractivity contribution in [3.8, 4) is 0 Å². The quantitative estimate of drug-likeness (QED) is 0.422. The lowest BCUT2D eigenvalue weighted by Crippen LogP contribution is -2.31. The van der Waals surface area contributed by atoms with Crippen LogP contribution in [-0.4, -0.2) is 17.8 Å². The van der Waals surface area contributed by atoms with Gasteiger partial charge in [-0.1, -0.05) is 6.92 Å². The number of rotatable bonds is 3. The Hall–Kier alpha value is 0.460. The Morgan fingerprint density at radius 3 is 2.11 bits per heavy atom. The van der Waals surface area contributed by atoms with E-state index >= 15 is 0 Å². The Balaban J connectivity index is -0.000000180. The molecule has 0 spiro atoms. The summed E-state index contributed by atoms with van der Waals surface area (Å²) in [5, 5.41) is 8.72. The van der Waals surface area contributed by atoms with E-state index in [9.17, 15) is 0 Å². The molecule has 0 radical (unpaired) electrons. The molecule has 0 aromatic heterocycles. The second kappa shape index (κ2) is 11.3. The third-order valence-corrected chi connectivity index (χ3v) is 0.825. The summed E-state index contributed by atoms with van der Waals surface area (Å²) in [6, 6.07) is 0. The van der Waals surface area contributed by atoms with Gasteiger partial charge in [0, 0.05) is 6.54 Å². The van der Waals surface area contributed by atoms with E-state index in [4.69, 9.17) is 10.9 Å². The van der Waals surface area contributed by atoms with Gasteiger partial charge >= 0.3 is 0 Å². The van der Waals surface area contributed by atoms with Crippen molar-refractivity contribution in [3.63, 3.8) is 0 Å². The van der Waals surface area contributed by atoms with Crippen LogP contribution in [0, 0.1) is 0 Å². The average molecular weight is 177 g/mol. The van der Waals surface area contributed by atoms with Crippen molar-refractivity contribution in [1.29, 1.82) is 0 Å². The first-order valence-electron chi connectivity index (χ1n) is 2.42. The molecule has 0 saturated carbocycles. The largest absolute Gasteiger partial charge is 0.392 e. The van der Waals surface area contributed by atoms with Crippen LogP contribution in [-0.2, 0) is 0 Å². The maximum Gasteiger partial charge on any atom is 0.0675 e. The fraction of sp³-hybridized carbons (Fsp3) is 1.00. The molecule has 5 heteroatoms. The van der Waals surface area contributed by atoms with Crippen LogP contribution in [0.4, 0.5) is 0 Å². The Morgan fingerprint density at radius 2 is 2.00 bits per heavy atom. The molecule has 0 aromatic carbocycles. The minimum Gasteiger partial charge on any atom is -0.392 e. The fourth-order valence-corrected chi connectivity index (χ4v) is 0.280. The summed E-state index contributed by atoms with van der Waals surface area (Å²) in [5.74, 6) is 4.89. The molecule has 0 amide bonds. The highest BCUT2D eigenvalue weighted by molar-refractivity contribution is 5.85. The van der Waals surface area contributed by atoms with Crippen LogP contribution in [0.3, 0.4) is 0 Å². The number of halogens is 2. The molecule has 1 unspecified atom stereocenters. The van der Waals surface area contributed by atoms with E-state index in [2.05, 4.69) is 5.43 Å². The lowest BCUT2D eigenvalue weighted by molar-refractivity contribution is 0.168. The van der Waals surface area contributed by atoms with Crippen molar-refractivity contribution in [2.75, 3.05) is 6.54 Å².